The normalized spacial score (nSPS) is 11.7. The zero-order valence-corrected chi connectivity index (χ0v) is 19.3. The molecule has 30 heavy (non-hydrogen) atoms. The molecule has 0 saturated heterocycles. The number of hydrogen-bond acceptors (Lipinski definition) is 2. The molecule has 0 spiro atoms. The molecular weight excluding hydrogens is 370 g/mol. The van der Waals surface area contributed by atoms with Crippen LogP contribution < -0.4 is 5.32 Å². The lowest BCUT2D eigenvalue weighted by molar-refractivity contribution is -0.121. The number of fused-ring (bicyclic) bond motifs is 1. The van der Waals surface area contributed by atoms with Crippen LogP contribution in [0.4, 0.5) is 0 Å². The molecule has 2 aromatic carbocycles. The molecule has 166 valence electrons. The van der Waals surface area contributed by atoms with E-state index in [4.69, 9.17) is 0 Å². The zero-order valence-electron chi connectivity index (χ0n) is 19.3. The third-order valence-corrected chi connectivity index (χ3v) is 5.92. The van der Waals surface area contributed by atoms with E-state index in [1.165, 1.54) is 44.9 Å². The van der Waals surface area contributed by atoms with Crippen LogP contribution in [0.25, 0.3) is 10.8 Å². The Balaban J connectivity index is 1.67. The topological polar surface area (TPSA) is 49.3 Å². The van der Waals surface area contributed by atoms with Crippen LogP contribution in [0, 0.1) is 5.41 Å². The highest BCUT2D eigenvalue weighted by atomic mass is 16.3. The molecule has 0 saturated carbocycles. The zero-order chi connectivity index (χ0) is 21.8. The smallest absolute Gasteiger partial charge is 0.220 e. The summed E-state index contributed by atoms with van der Waals surface area (Å²) in [5, 5.41) is 15.7. The van der Waals surface area contributed by atoms with E-state index in [9.17, 15) is 9.90 Å². The number of hydrogen-bond donors (Lipinski definition) is 2. The molecule has 0 aliphatic rings. The number of phenolic OH excluding ortho intramolecular Hbond substituents is 1. The Hall–Kier alpha value is -2.03. The molecule has 0 radical (unpaired) electrons. The van der Waals surface area contributed by atoms with E-state index in [1.54, 1.807) is 0 Å². The quantitative estimate of drug-likeness (QED) is 0.324. The van der Waals surface area contributed by atoms with Gasteiger partial charge in [-0.2, -0.15) is 0 Å². The molecule has 3 nitrogen and oxygen atoms in total. The van der Waals surface area contributed by atoms with E-state index in [1.807, 2.05) is 30.3 Å². The molecular formula is C27H41NO2. The molecule has 0 fully saturated rings. The molecule has 2 N–H and O–H groups in total. The summed E-state index contributed by atoms with van der Waals surface area (Å²) in [6.45, 7) is 7.15. The number of carbonyl (C=O) groups is 1. The highest BCUT2D eigenvalue weighted by Gasteiger charge is 2.21. The molecule has 0 aromatic heterocycles. The van der Waals surface area contributed by atoms with Gasteiger partial charge >= 0.3 is 0 Å². The van der Waals surface area contributed by atoms with Crippen LogP contribution in [0.1, 0.15) is 90.5 Å². The molecule has 0 unspecified atom stereocenters. The fourth-order valence-electron chi connectivity index (χ4n) is 4.04. The van der Waals surface area contributed by atoms with Crippen molar-refractivity contribution in [3.8, 4) is 5.75 Å². The van der Waals surface area contributed by atoms with E-state index in [-0.39, 0.29) is 11.3 Å². The first-order valence-electron chi connectivity index (χ1n) is 11.9. The van der Waals surface area contributed by atoms with E-state index >= 15 is 0 Å². The van der Waals surface area contributed by atoms with E-state index in [2.05, 4.69) is 32.2 Å². The minimum absolute atomic E-state index is 0.117. The first-order chi connectivity index (χ1) is 14.4. The molecule has 2 aromatic rings. The minimum Gasteiger partial charge on any atom is -0.507 e. The number of phenols is 1. The van der Waals surface area contributed by atoms with Crippen molar-refractivity contribution in [2.45, 2.75) is 91.4 Å². The highest BCUT2D eigenvalue weighted by Crippen LogP contribution is 2.33. The maximum atomic E-state index is 12.2. The summed E-state index contributed by atoms with van der Waals surface area (Å²) < 4.78 is 0. The van der Waals surface area contributed by atoms with Crippen molar-refractivity contribution < 1.29 is 9.90 Å². The monoisotopic (exact) mass is 411 g/mol. The van der Waals surface area contributed by atoms with Crippen molar-refractivity contribution >= 4 is 16.7 Å². The van der Waals surface area contributed by atoms with Crippen molar-refractivity contribution in [2.24, 2.45) is 5.41 Å². The number of carbonyl (C=O) groups excluding carboxylic acids is 1. The highest BCUT2D eigenvalue weighted by molar-refractivity contribution is 5.89. The summed E-state index contributed by atoms with van der Waals surface area (Å²) in [6.07, 6.45) is 12.7. The van der Waals surface area contributed by atoms with Gasteiger partial charge in [0.1, 0.15) is 5.75 Å². The van der Waals surface area contributed by atoms with Gasteiger partial charge in [0, 0.05) is 18.4 Å². The van der Waals surface area contributed by atoms with Crippen LogP contribution in [0.15, 0.2) is 36.4 Å². The molecule has 0 aliphatic carbocycles. The van der Waals surface area contributed by atoms with Crippen molar-refractivity contribution in [1.82, 2.24) is 5.32 Å². The fraction of sp³-hybridized carbons (Fsp3) is 0.593. The van der Waals surface area contributed by atoms with Gasteiger partial charge in [-0.05, 0) is 29.2 Å². The molecule has 1 amide bonds. The van der Waals surface area contributed by atoms with Crippen molar-refractivity contribution in [3.63, 3.8) is 0 Å². The van der Waals surface area contributed by atoms with Crippen molar-refractivity contribution in [3.05, 3.63) is 42.0 Å². The standard InChI is InChI=1S/C27H41NO2/c1-4-5-6-7-8-9-10-11-12-17-25(29)28-21-27(2,3)20-23-19-18-22-15-13-14-16-24(22)26(23)30/h13-16,18-19,30H,4-12,17,20-21H2,1-3H3,(H,28,29). The van der Waals surface area contributed by atoms with Gasteiger partial charge in [0.25, 0.3) is 0 Å². The Morgan fingerprint density at radius 2 is 1.53 bits per heavy atom. The van der Waals surface area contributed by atoms with Gasteiger partial charge in [-0.1, -0.05) is 109 Å². The SMILES string of the molecule is CCCCCCCCCCCC(=O)NCC(C)(C)Cc1ccc2ccccc2c1O. The Morgan fingerprint density at radius 3 is 2.23 bits per heavy atom. The Morgan fingerprint density at radius 1 is 0.900 bits per heavy atom. The second kappa shape index (κ2) is 12.6. The molecule has 2 rings (SSSR count). The van der Waals surface area contributed by atoms with E-state index < -0.39 is 0 Å². The van der Waals surface area contributed by atoms with Crippen LogP contribution in [-0.4, -0.2) is 17.6 Å². The molecule has 0 heterocycles. The van der Waals surface area contributed by atoms with Crippen LogP contribution in [0.3, 0.4) is 0 Å². The lowest BCUT2D eigenvalue weighted by Crippen LogP contribution is -2.35. The van der Waals surface area contributed by atoms with Gasteiger partial charge < -0.3 is 10.4 Å². The second-order valence-electron chi connectivity index (χ2n) is 9.49. The Labute approximate surface area is 183 Å². The predicted octanol–water partition coefficient (Wildman–Crippen LogP) is 7.15. The summed E-state index contributed by atoms with van der Waals surface area (Å²) in [6, 6.07) is 12.0. The third kappa shape index (κ3) is 8.38. The van der Waals surface area contributed by atoms with Gasteiger partial charge in [-0.15, -0.1) is 0 Å². The summed E-state index contributed by atoms with van der Waals surface area (Å²) in [5.41, 5.74) is 0.820. The maximum Gasteiger partial charge on any atom is 0.220 e. The largest absolute Gasteiger partial charge is 0.507 e. The summed E-state index contributed by atoms with van der Waals surface area (Å²) in [4.78, 5) is 12.2. The van der Waals surface area contributed by atoms with Gasteiger partial charge in [0.2, 0.25) is 5.91 Å². The number of rotatable bonds is 14. The maximum absolute atomic E-state index is 12.2. The van der Waals surface area contributed by atoms with Crippen molar-refractivity contribution in [2.75, 3.05) is 6.54 Å². The average molecular weight is 412 g/mol. The van der Waals surface area contributed by atoms with Crippen LogP contribution in [0.2, 0.25) is 0 Å². The van der Waals surface area contributed by atoms with Crippen LogP contribution >= 0.6 is 0 Å². The minimum atomic E-state index is -0.117. The Kier molecular flexibility index (Phi) is 10.2. The number of nitrogens with one attached hydrogen (secondary N) is 1. The number of amides is 1. The van der Waals surface area contributed by atoms with Gasteiger partial charge in [-0.3, -0.25) is 4.79 Å². The summed E-state index contributed by atoms with van der Waals surface area (Å²) in [5.74, 6) is 0.510. The van der Waals surface area contributed by atoms with Crippen LogP contribution in [-0.2, 0) is 11.2 Å². The van der Waals surface area contributed by atoms with E-state index in [0.717, 1.165) is 35.6 Å². The van der Waals surface area contributed by atoms with Crippen molar-refractivity contribution in [1.29, 1.82) is 0 Å². The lowest BCUT2D eigenvalue weighted by atomic mass is 9.84. The molecule has 3 heteroatoms. The predicted molar refractivity (Wildman–Crippen MR) is 128 cm³/mol. The lowest BCUT2D eigenvalue weighted by Gasteiger charge is -2.26. The van der Waals surface area contributed by atoms with Gasteiger partial charge in [0.15, 0.2) is 0 Å². The first kappa shape index (κ1) is 24.2. The first-order valence-corrected chi connectivity index (χ1v) is 11.9. The summed E-state index contributed by atoms with van der Waals surface area (Å²) in [7, 11) is 0. The number of unbranched alkanes of at least 4 members (excludes halogenated alkanes) is 8. The average Bonchev–Trinajstić information content (AvgIpc) is 2.73. The summed E-state index contributed by atoms with van der Waals surface area (Å²) >= 11 is 0. The number of aromatic hydroxyl groups is 1. The second-order valence-corrected chi connectivity index (χ2v) is 9.49. The Bertz CT molecular complexity index is 782. The number of benzene rings is 2. The molecule has 0 atom stereocenters. The fourth-order valence-corrected chi connectivity index (χ4v) is 4.04. The van der Waals surface area contributed by atoms with Crippen LogP contribution in [0.5, 0.6) is 5.75 Å². The molecule has 0 aliphatic heterocycles. The van der Waals surface area contributed by atoms with Gasteiger partial charge in [0.05, 0.1) is 0 Å². The van der Waals surface area contributed by atoms with E-state index in [0.29, 0.717) is 18.7 Å². The van der Waals surface area contributed by atoms with Gasteiger partial charge in [-0.25, -0.2) is 0 Å². The molecule has 0 bridgehead atoms. The third-order valence-electron chi connectivity index (χ3n) is 5.92.